The van der Waals surface area contributed by atoms with Crippen LogP contribution in [0.4, 0.5) is 4.79 Å². The molecule has 2 aliphatic rings. The van der Waals surface area contributed by atoms with Gasteiger partial charge in [0.15, 0.2) is 0 Å². The first kappa shape index (κ1) is 17.6. The number of rotatable bonds is 4. The van der Waals surface area contributed by atoms with E-state index in [1.807, 2.05) is 53.3 Å². The van der Waals surface area contributed by atoms with E-state index < -0.39 is 0 Å². The fraction of sp³-hybridized carbons (Fsp3) is 0.579. The summed E-state index contributed by atoms with van der Waals surface area (Å²) in [5, 5.41) is 13.0. The fourth-order valence-electron chi connectivity index (χ4n) is 4.15. The Labute approximate surface area is 149 Å². The van der Waals surface area contributed by atoms with E-state index in [1.165, 1.54) is 0 Å². The van der Waals surface area contributed by atoms with Crippen LogP contribution in [0.15, 0.2) is 24.3 Å². The van der Waals surface area contributed by atoms with E-state index in [9.17, 15) is 10.1 Å². The molecular formula is C19H26N4O2. The molecule has 1 heterocycles. The molecule has 2 fully saturated rings. The third-order valence-corrected chi connectivity index (χ3v) is 5.42. The summed E-state index contributed by atoms with van der Waals surface area (Å²) in [6, 6.07) is 10.3. The third kappa shape index (κ3) is 3.29. The molecule has 0 radical (unpaired) electrons. The Morgan fingerprint density at radius 2 is 1.92 bits per heavy atom. The summed E-state index contributed by atoms with van der Waals surface area (Å²) in [4.78, 5) is 14.9. The average molecular weight is 342 g/mol. The molecule has 1 aliphatic carbocycles. The second-order valence-corrected chi connectivity index (χ2v) is 7.27. The minimum absolute atomic E-state index is 0.0521. The van der Waals surface area contributed by atoms with Gasteiger partial charge in [0.25, 0.3) is 0 Å². The number of hydrogen-bond acceptors (Lipinski definition) is 4. The second-order valence-electron chi connectivity index (χ2n) is 7.27. The van der Waals surface area contributed by atoms with E-state index in [1.54, 1.807) is 7.11 Å². The minimum atomic E-state index is -0.180. The quantitative estimate of drug-likeness (QED) is 0.844. The normalized spacial score (nSPS) is 26.4. The van der Waals surface area contributed by atoms with Crippen molar-refractivity contribution in [2.24, 2.45) is 5.92 Å². The Bertz CT molecular complexity index is 657. The zero-order valence-corrected chi connectivity index (χ0v) is 15.2. The number of nitrogens with zero attached hydrogens (tertiary/aromatic N) is 4. The van der Waals surface area contributed by atoms with E-state index in [0.717, 1.165) is 37.0 Å². The molecule has 0 atom stereocenters. The topological polar surface area (TPSA) is 59.8 Å². The number of carbonyl (C=O) groups excluding carboxylic acids is 1. The summed E-state index contributed by atoms with van der Waals surface area (Å²) < 4.78 is 5.20. The molecule has 1 saturated carbocycles. The largest absolute Gasteiger partial charge is 0.497 e. The summed E-state index contributed by atoms with van der Waals surface area (Å²) in [6.45, 7) is 1.31. The van der Waals surface area contributed by atoms with Crippen LogP contribution in [0.5, 0.6) is 5.75 Å². The van der Waals surface area contributed by atoms with E-state index in [2.05, 4.69) is 6.07 Å². The lowest BCUT2D eigenvalue weighted by atomic mass is 9.77. The Balaban J connectivity index is 1.78. The van der Waals surface area contributed by atoms with Crippen LogP contribution in [0.25, 0.3) is 0 Å². The Hall–Kier alpha value is -2.26. The van der Waals surface area contributed by atoms with Crippen molar-refractivity contribution < 1.29 is 9.53 Å². The Morgan fingerprint density at radius 3 is 2.44 bits per heavy atom. The van der Waals surface area contributed by atoms with Gasteiger partial charge in [-0.25, -0.2) is 14.8 Å². The number of benzene rings is 1. The zero-order chi connectivity index (χ0) is 18.0. The molecule has 6 nitrogen and oxygen atoms in total. The SMILES string of the molecule is COc1ccc(CN2CC3(CCC(C#N)CC3)N(N(C)C)C2=O)cc1. The molecule has 1 aromatic rings. The molecule has 3 rings (SSSR count). The van der Waals surface area contributed by atoms with E-state index in [0.29, 0.717) is 13.1 Å². The summed E-state index contributed by atoms with van der Waals surface area (Å²) in [5.74, 6) is 0.943. The van der Waals surface area contributed by atoms with Crippen LogP contribution >= 0.6 is 0 Å². The van der Waals surface area contributed by atoms with Gasteiger partial charge in [0.1, 0.15) is 5.75 Å². The monoisotopic (exact) mass is 342 g/mol. The molecule has 0 aromatic heterocycles. The Morgan fingerprint density at radius 1 is 1.28 bits per heavy atom. The highest BCUT2D eigenvalue weighted by atomic mass is 16.5. The maximum Gasteiger partial charge on any atom is 0.335 e. The van der Waals surface area contributed by atoms with Crippen molar-refractivity contribution in [2.75, 3.05) is 27.7 Å². The van der Waals surface area contributed by atoms with Gasteiger partial charge in [0.05, 0.1) is 18.7 Å². The lowest BCUT2D eigenvalue weighted by Crippen LogP contribution is -2.55. The van der Waals surface area contributed by atoms with Crippen LogP contribution in [-0.2, 0) is 6.54 Å². The molecular weight excluding hydrogens is 316 g/mol. The molecule has 1 aromatic carbocycles. The van der Waals surface area contributed by atoms with Crippen LogP contribution < -0.4 is 4.74 Å². The molecule has 134 valence electrons. The number of carbonyl (C=O) groups is 1. The van der Waals surface area contributed by atoms with Crippen molar-refractivity contribution in [2.45, 2.75) is 37.8 Å². The standard InChI is InChI=1S/C19H26N4O2/c1-21(2)23-18(24)22(13-16-4-6-17(25-3)7-5-16)14-19(23)10-8-15(12-20)9-11-19/h4-7,15H,8-11,13-14H2,1-3H3. The minimum Gasteiger partial charge on any atom is -0.497 e. The summed E-state index contributed by atoms with van der Waals surface area (Å²) in [7, 11) is 5.50. The van der Waals surface area contributed by atoms with Crippen molar-refractivity contribution in [3.63, 3.8) is 0 Å². The molecule has 1 saturated heterocycles. The van der Waals surface area contributed by atoms with E-state index in [4.69, 9.17) is 4.74 Å². The van der Waals surface area contributed by atoms with Crippen molar-refractivity contribution >= 4 is 6.03 Å². The smallest absolute Gasteiger partial charge is 0.335 e. The predicted octanol–water partition coefficient (Wildman–Crippen LogP) is 2.86. The van der Waals surface area contributed by atoms with Crippen molar-refractivity contribution in [3.8, 4) is 11.8 Å². The summed E-state index contributed by atoms with van der Waals surface area (Å²) >= 11 is 0. The van der Waals surface area contributed by atoms with Crippen LogP contribution in [0.3, 0.4) is 0 Å². The van der Waals surface area contributed by atoms with Gasteiger partial charge < -0.3 is 9.64 Å². The van der Waals surface area contributed by atoms with Crippen LogP contribution in [0, 0.1) is 17.2 Å². The van der Waals surface area contributed by atoms with Crippen LogP contribution in [0.2, 0.25) is 0 Å². The highest BCUT2D eigenvalue weighted by Crippen LogP contribution is 2.42. The lowest BCUT2D eigenvalue weighted by molar-refractivity contribution is -0.0276. The van der Waals surface area contributed by atoms with Gasteiger partial charge in [-0.1, -0.05) is 12.1 Å². The number of nitriles is 1. The molecule has 1 spiro atoms. The number of hydrogen-bond donors (Lipinski definition) is 0. The molecule has 1 aliphatic heterocycles. The van der Waals surface area contributed by atoms with Gasteiger partial charge in [-0.15, -0.1) is 0 Å². The maximum atomic E-state index is 13.0. The van der Waals surface area contributed by atoms with Gasteiger partial charge in [0, 0.05) is 33.1 Å². The van der Waals surface area contributed by atoms with E-state index >= 15 is 0 Å². The maximum absolute atomic E-state index is 13.0. The highest BCUT2D eigenvalue weighted by Gasteiger charge is 2.52. The second kappa shape index (κ2) is 6.93. The van der Waals surface area contributed by atoms with Crippen molar-refractivity contribution in [1.82, 2.24) is 14.9 Å². The van der Waals surface area contributed by atoms with Gasteiger partial charge in [-0.3, -0.25) is 0 Å². The number of methoxy groups -OCH3 is 1. The van der Waals surface area contributed by atoms with Gasteiger partial charge in [0.2, 0.25) is 0 Å². The molecule has 6 heteroatoms. The van der Waals surface area contributed by atoms with Gasteiger partial charge in [-0.2, -0.15) is 5.26 Å². The van der Waals surface area contributed by atoms with Crippen LogP contribution in [0.1, 0.15) is 31.2 Å². The first-order valence-electron chi connectivity index (χ1n) is 8.78. The molecule has 25 heavy (non-hydrogen) atoms. The Kier molecular flexibility index (Phi) is 4.87. The van der Waals surface area contributed by atoms with E-state index in [-0.39, 0.29) is 17.5 Å². The first-order chi connectivity index (χ1) is 12.0. The van der Waals surface area contributed by atoms with Gasteiger partial charge in [-0.05, 0) is 43.4 Å². The molecule has 2 amide bonds. The number of amides is 2. The number of hydrazine groups is 1. The molecule has 0 N–H and O–H groups in total. The van der Waals surface area contributed by atoms with Crippen LogP contribution in [-0.4, -0.2) is 54.2 Å². The predicted molar refractivity (Wildman–Crippen MR) is 94.6 cm³/mol. The highest BCUT2D eigenvalue weighted by molar-refractivity contribution is 5.77. The molecule has 0 bridgehead atoms. The third-order valence-electron chi connectivity index (χ3n) is 5.42. The fourth-order valence-corrected chi connectivity index (χ4v) is 4.15. The zero-order valence-electron chi connectivity index (χ0n) is 15.2. The van der Waals surface area contributed by atoms with Crippen molar-refractivity contribution in [1.29, 1.82) is 5.26 Å². The number of ether oxygens (including phenoxy) is 1. The average Bonchev–Trinajstić information content (AvgIpc) is 2.88. The van der Waals surface area contributed by atoms with Gasteiger partial charge >= 0.3 is 6.03 Å². The lowest BCUT2D eigenvalue weighted by Gasteiger charge is -2.43. The number of urea groups is 1. The first-order valence-corrected chi connectivity index (χ1v) is 8.78. The summed E-state index contributed by atoms with van der Waals surface area (Å²) in [5.41, 5.74) is 0.913. The molecule has 0 unspecified atom stereocenters. The van der Waals surface area contributed by atoms with Crippen molar-refractivity contribution in [3.05, 3.63) is 29.8 Å². The summed E-state index contributed by atoms with van der Waals surface area (Å²) in [6.07, 6.45) is 3.50.